The van der Waals surface area contributed by atoms with Crippen LogP contribution in [0.15, 0.2) is 23.1 Å². The first kappa shape index (κ1) is 15.4. The van der Waals surface area contributed by atoms with E-state index in [1.54, 1.807) is 6.07 Å². The van der Waals surface area contributed by atoms with E-state index in [1.807, 2.05) is 12.1 Å². The van der Waals surface area contributed by atoms with Gasteiger partial charge in [-0.15, -0.1) is 11.8 Å². The summed E-state index contributed by atoms with van der Waals surface area (Å²) in [5.74, 6) is 0.688. The summed E-state index contributed by atoms with van der Waals surface area (Å²) in [4.78, 5) is 24.9. The molecule has 2 unspecified atom stereocenters. The molecular formula is C16H21N3O2S. The highest BCUT2D eigenvalue weighted by Gasteiger charge is 2.26. The maximum atomic E-state index is 12.5. The number of nitrogens with two attached hydrogens (primary N) is 1. The molecule has 1 aliphatic carbocycles. The highest BCUT2D eigenvalue weighted by molar-refractivity contribution is 8.00. The minimum atomic E-state index is -0.0852. The summed E-state index contributed by atoms with van der Waals surface area (Å²) in [6.45, 7) is 0.613. The van der Waals surface area contributed by atoms with Gasteiger partial charge in [-0.1, -0.05) is 12.8 Å². The summed E-state index contributed by atoms with van der Waals surface area (Å²) in [6.07, 6.45) is 4.40. The van der Waals surface area contributed by atoms with Crippen LogP contribution in [0.1, 0.15) is 36.0 Å². The van der Waals surface area contributed by atoms with Gasteiger partial charge in [-0.2, -0.15) is 0 Å². The largest absolute Gasteiger partial charge is 0.349 e. The van der Waals surface area contributed by atoms with E-state index in [-0.39, 0.29) is 17.9 Å². The molecule has 1 fully saturated rings. The second kappa shape index (κ2) is 6.71. The van der Waals surface area contributed by atoms with Crippen LogP contribution in [0.3, 0.4) is 0 Å². The maximum absolute atomic E-state index is 12.5. The van der Waals surface area contributed by atoms with Crippen molar-refractivity contribution in [3.05, 3.63) is 23.8 Å². The minimum absolute atomic E-state index is 0.0227. The van der Waals surface area contributed by atoms with Crippen LogP contribution in [0.2, 0.25) is 0 Å². The number of hydrogen-bond donors (Lipinski definition) is 3. The second-order valence-electron chi connectivity index (χ2n) is 5.91. The summed E-state index contributed by atoms with van der Waals surface area (Å²) in [5.41, 5.74) is 7.13. The van der Waals surface area contributed by atoms with E-state index in [1.165, 1.54) is 18.2 Å². The van der Waals surface area contributed by atoms with Crippen molar-refractivity contribution >= 4 is 29.3 Å². The lowest BCUT2D eigenvalue weighted by molar-refractivity contribution is -0.113. The first-order chi connectivity index (χ1) is 10.7. The molecular weight excluding hydrogens is 298 g/mol. The van der Waals surface area contributed by atoms with Gasteiger partial charge in [0.25, 0.3) is 5.91 Å². The third kappa shape index (κ3) is 3.28. The normalized spacial score (nSPS) is 24.3. The van der Waals surface area contributed by atoms with E-state index < -0.39 is 0 Å². The third-order valence-corrected chi connectivity index (χ3v) is 5.48. The van der Waals surface area contributed by atoms with Crippen molar-refractivity contribution in [2.45, 2.75) is 36.6 Å². The Bertz CT molecular complexity index is 591. The second-order valence-corrected chi connectivity index (χ2v) is 6.93. The van der Waals surface area contributed by atoms with Crippen LogP contribution in [0.5, 0.6) is 0 Å². The van der Waals surface area contributed by atoms with E-state index in [0.717, 1.165) is 29.8 Å². The van der Waals surface area contributed by atoms with Gasteiger partial charge < -0.3 is 16.4 Å². The Kier molecular flexibility index (Phi) is 4.69. The van der Waals surface area contributed by atoms with Crippen molar-refractivity contribution in [3.8, 4) is 0 Å². The van der Waals surface area contributed by atoms with E-state index in [0.29, 0.717) is 23.8 Å². The van der Waals surface area contributed by atoms with Crippen LogP contribution >= 0.6 is 11.8 Å². The third-order valence-electron chi connectivity index (χ3n) is 4.40. The molecule has 1 aromatic rings. The van der Waals surface area contributed by atoms with Crippen LogP contribution in [0, 0.1) is 5.92 Å². The fraction of sp³-hybridized carbons (Fsp3) is 0.500. The highest BCUT2D eigenvalue weighted by Crippen LogP contribution is 2.32. The number of benzene rings is 1. The molecule has 5 nitrogen and oxygen atoms in total. The van der Waals surface area contributed by atoms with Gasteiger partial charge in [-0.05, 0) is 43.5 Å². The summed E-state index contributed by atoms with van der Waals surface area (Å²) < 4.78 is 0. The molecule has 2 amide bonds. The molecule has 1 heterocycles. The zero-order chi connectivity index (χ0) is 15.5. The van der Waals surface area contributed by atoms with Crippen molar-refractivity contribution in [1.29, 1.82) is 0 Å². The zero-order valence-electron chi connectivity index (χ0n) is 12.4. The number of rotatable bonds is 3. The zero-order valence-corrected chi connectivity index (χ0v) is 13.2. The molecule has 6 heteroatoms. The SMILES string of the molecule is NCC1CCCCC1NC(=O)c1ccc2c(c1)NC(=O)CS2. The number of amides is 2. The molecule has 0 spiro atoms. The molecule has 0 saturated heterocycles. The van der Waals surface area contributed by atoms with Crippen LogP contribution in [0.4, 0.5) is 5.69 Å². The number of thioether (sulfide) groups is 1. The Morgan fingerprint density at radius 3 is 3.00 bits per heavy atom. The fourth-order valence-corrected chi connectivity index (χ4v) is 3.94. The fourth-order valence-electron chi connectivity index (χ4n) is 3.16. The van der Waals surface area contributed by atoms with E-state index in [4.69, 9.17) is 5.73 Å². The first-order valence-electron chi connectivity index (χ1n) is 7.75. The lowest BCUT2D eigenvalue weighted by Crippen LogP contribution is -2.44. The average molecular weight is 319 g/mol. The molecule has 3 rings (SSSR count). The van der Waals surface area contributed by atoms with Crippen LogP contribution in [-0.2, 0) is 4.79 Å². The van der Waals surface area contributed by atoms with Gasteiger partial charge in [-0.3, -0.25) is 9.59 Å². The van der Waals surface area contributed by atoms with E-state index >= 15 is 0 Å². The molecule has 2 atom stereocenters. The summed E-state index contributed by atoms with van der Waals surface area (Å²) in [5, 5.41) is 5.93. The summed E-state index contributed by atoms with van der Waals surface area (Å²) in [6, 6.07) is 5.63. The minimum Gasteiger partial charge on any atom is -0.349 e. The van der Waals surface area contributed by atoms with Gasteiger partial charge in [0.05, 0.1) is 11.4 Å². The molecule has 0 aromatic heterocycles. The maximum Gasteiger partial charge on any atom is 0.251 e. The topological polar surface area (TPSA) is 84.2 Å². The Morgan fingerprint density at radius 2 is 2.18 bits per heavy atom. The molecule has 4 N–H and O–H groups in total. The first-order valence-corrected chi connectivity index (χ1v) is 8.73. The summed E-state index contributed by atoms with van der Waals surface area (Å²) >= 11 is 1.50. The molecule has 22 heavy (non-hydrogen) atoms. The molecule has 0 bridgehead atoms. The van der Waals surface area contributed by atoms with Gasteiger partial charge in [0.1, 0.15) is 0 Å². The lowest BCUT2D eigenvalue weighted by atomic mass is 9.84. The van der Waals surface area contributed by atoms with Crippen molar-refractivity contribution < 1.29 is 9.59 Å². The standard InChI is InChI=1S/C16H21N3O2S/c17-8-11-3-1-2-4-12(11)19-16(21)10-5-6-14-13(7-10)18-15(20)9-22-14/h5-7,11-12H,1-4,8-9,17H2,(H,18,20)(H,19,21). The van der Waals surface area contributed by atoms with Gasteiger partial charge in [0.2, 0.25) is 5.91 Å². The van der Waals surface area contributed by atoms with E-state index in [9.17, 15) is 9.59 Å². The smallest absolute Gasteiger partial charge is 0.251 e. The average Bonchev–Trinajstić information content (AvgIpc) is 2.54. The van der Waals surface area contributed by atoms with Crippen LogP contribution in [0.25, 0.3) is 0 Å². The number of carbonyl (C=O) groups excluding carboxylic acids is 2. The lowest BCUT2D eigenvalue weighted by Gasteiger charge is -2.31. The Labute approximate surface area is 134 Å². The number of anilines is 1. The van der Waals surface area contributed by atoms with Crippen molar-refractivity contribution in [1.82, 2.24) is 5.32 Å². The molecule has 1 saturated carbocycles. The van der Waals surface area contributed by atoms with Gasteiger partial charge in [0.15, 0.2) is 0 Å². The van der Waals surface area contributed by atoms with Crippen LogP contribution < -0.4 is 16.4 Å². The molecule has 1 aromatic carbocycles. The van der Waals surface area contributed by atoms with Crippen LogP contribution in [-0.4, -0.2) is 30.2 Å². The Morgan fingerprint density at radius 1 is 1.36 bits per heavy atom. The van der Waals surface area contributed by atoms with Crippen molar-refractivity contribution in [2.75, 3.05) is 17.6 Å². The predicted octanol–water partition coefficient (Wildman–Crippen LogP) is 1.98. The Balaban J connectivity index is 1.72. The summed E-state index contributed by atoms with van der Waals surface area (Å²) in [7, 11) is 0. The number of hydrogen-bond acceptors (Lipinski definition) is 4. The molecule has 118 valence electrons. The van der Waals surface area contributed by atoms with Gasteiger partial charge in [0, 0.05) is 16.5 Å². The number of fused-ring (bicyclic) bond motifs is 1. The monoisotopic (exact) mass is 319 g/mol. The van der Waals surface area contributed by atoms with Crippen molar-refractivity contribution in [3.63, 3.8) is 0 Å². The molecule has 0 radical (unpaired) electrons. The Hall–Kier alpha value is -1.53. The van der Waals surface area contributed by atoms with E-state index in [2.05, 4.69) is 10.6 Å². The quantitative estimate of drug-likeness (QED) is 0.795. The van der Waals surface area contributed by atoms with Crippen molar-refractivity contribution in [2.24, 2.45) is 11.7 Å². The predicted molar refractivity (Wildman–Crippen MR) is 88.1 cm³/mol. The number of nitrogens with one attached hydrogen (secondary N) is 2. The molecule has 1 aliphatic heterocycles. The van der Waals surface area contributed by atoms with Gasteiger partial charge in [-0.25, -0.2) is 0 Å². The number of carbonyl (C=O) groups is 2. The van der Waals surface area contributed by atoms with Gasteiger partial charge >= 0.3 is 0 Å². The highest BCUT2D eigenvalue weighted by atomic mass is 32.2. The molecule has 2 aliphatic rings.